The van der Waals surface area contributed by atoms with Gasteiger partial charge in [-0.25, -0.2) is 22.0 Å². The number of ether oxygens (including phenoxy) is 1. The van der Waals surface area contributed by atoms with Crippen LogP contribution in [0.15, 0.2) is 41.3 Å². The quantitative estimate of drug-likeness (QED) is 0.557. The molecule has 3 atom stereocenters. The van der Waals surface area contributed by atoms with E-state index in [1.54, 1.807) is 26.0 Å². The number of sulfonamides is 1. The number of fused-ring (bicyclic) bond motifs is 1. The number of aliphatic hydroxyl groups excluding tert-OH is 1. The number of carbonyl (C=O) groups is 1. The molecule has 0 radical (unpaired) electrons. The molecule has 1 heterocycles. The number of hydrogen-bond acceptors (Lipinski definition) is 5. The summed E-state index contributed by atoms with van der Waals surface area (Å²) in [6, 6.07) is 6.03. The summed E-state index contributed by atoms with van der Waals surface area (Å²) in [6.07, 6.45) is 1.42. The van der Waals surface area contributed by atoms with E-state index >= 15 is 0 Å². The number of hydrogen-bond donors (Lipinski definition) is 2. The lowest BCUT2D eigenvalue weighted by molar-refractivity contribution is 0.0830. The van der Waals surface area contributed by atoms with Crippen LogP contribution in [0.25, 0.3) is 0 Å². The van der Waals surface area contributed by atoms with Crippen LogP contribution in [0.5, 0.6) is 5.75 Å². The Morgan fingerprint density at radius 2 is 2.00 bits per heavy atom. The van der Waals surface area contributed by atoms with Gasteiger partial charge < -0.3 is 20.1 Å². The summed E-state index contributed by atoms with van der Waals surface area (Å²) in [7, 11) is -2.53. The van der Waals surface area contributed by atoms with Gasteiger partial charge in [-0.3, -0.25) is 0 Å². The first-order valence-electron chi connectivity index (χ1n) is 12.4. The second-order valence-corrected chi connectivity index (χ2v) is 11.7. The predicted molar refractivity (Wildman–Crippen MR) is 138 cm³/mol. The zero-order valence-corrected chi connectivity index (χ0v) is 22.3. The summed E-state index contributed by atoms with van der Waals surface area (Å²) in [5, 5.41) is 12.1. The van der Waals surface area contributed by atoms with Gasteiger partial charge in [-0.2, -0.15) is 4.31 Å². The van der Waals surface area contributed by atoms with E-state index in [9.17, 15) is 27.1 Å². The molecule has 0 spiro atoms. The molecule has 0 bridgehead atoms. The van der Waals surface area contributed by atoms with E-state index in [1.807, 2.05) is 0 Å². The molecular weight excluding hydrogens is 516 g/mol. The molecular formula is C27H31F2N3O5S. The number of aliphatic hydroxyl groups is 1. The zero-order chi connectivity index (χ0) is 27.6. The molecule has 0 unspecified atom stereocenters. The Morgan fingerprint density at radius 3 is 2.68 bits per heavy atom. The van der Waals surface area contributed by atoms with Crippen LogP contribution in [-0.2, 0) is 10.0 Å². The van der Waals surface area contributed by atoms with Crippen molar-refractivity contribution >= 4 is 21.7 Å². The maximum atomic E-state index is 14.0. The molecule has 4 rings (SSSR count). The van der Waals surface area contributed by atoms with Crippen molar-refractivity contribution in [2.75, 3.05) is 32.1 Å². The van der Waals surface area contributed by atoms with Gasteiger partial charge in [0, 0.05) is 43.1 Å². The highest BCUT2D eigenvalue weighted by Crippen LogP contribution is 2.34. The van der Waals surface area contributed by atoms with Crippen LogP contribution in [0.3, 0.4) is 0 Å². The van der Waals surface area contributed by atoms with E-state index in [0.29, 0.717) is 11.5 Å². The second-order valence-electron chi connectivity index (χ2n) is 9.88. The fourth-order valence-electron chi connectivity index (χ4n) is 4.09. The summed E-state index contributed by atoms with van der Waals surface area (Å²) >= 11 is 0. The minimum Gasteiger partial charge on any atom is -0.487 e. The first-order chi connectivity index (χ1) is 18.0. The van der Waals surface area contributed by atoms with E-state index in [2.05, 4.69) is 17.2 Å². The zero-order valence-electron chi connectivity index (χ0n) is 21.4. The van der Waals surface area contributed by atoms with E-state index in [0.717, 1.165) is 31.0 Å². The summed E-state index contributed by atoms with van der Waals surface area (Å²) < 4.78 is 62.2. The fourth-order valence-corrected chi connectivity index (χ4v) is 5.92. The van der Waals surface area contributed by atoms with Crippen LogP contribution in [0, 0.1) is 35.3 Å². The lowest BCUT2D eigenvalue weighted by atomic mass is 10.0. The number of nitrogens with zero attached hydrogens (tertiary/aromatic N) is 2. The monoisotopic (exact) mass is 547 g/mol. The summed E-state index contributed by atoms with van der Waals surface area (Å²) in [5.74, 6) is 4.78. The van der Waals surface area contributed by atoms with Crippen molar-refractivity contribution in [3.63, 3.8) is 0 Å². The van der Waals surface area contributed by atoms with Crippen molar-refractivity contribution in [2.45, 2.75) is 43.7 Å². The van der Waals surface area contributed by atoms with Gasteiger partial charge in [0.1, 0.15) is 28.4 Å². The molecule has 38 heavy (non-hydrogen) atoms. The van der Waals surface area contributed by atoms with Gasteiger partial charge in [0.2, 0.25) is 10.0 Å². The van der Waals surface area contributed by atoms with Crippen molar-refractivity contribution < 1.29 is 31.8 Å². The topological polar surface area (TPSA) is 99.2 Å². The lowest BCUT2D eigenvalue weighted by Gasteiger charge is -2.37. The van der Waals surface area contributed by atoms with E-state index in [-0.39, 0.29) is 36.0 Å². The molecule has 1 aliphatic heterocycles. The number of rotatable bonds is 5. The van der Waals surface area contributed by atoms with Gasteiger partial charge in [-0.1, -0.05) is 18.8 Å². The van der Waals surface area contributed by atoms with Gasteiger partial charge in [0.05, 0.1) is 18.8 Å². The number of carbonyl (C=O) groups excluding carboxylic acids is 1. The molecule has 1 saturated carbocycles. The molecule has 1 aliphatic carbocycles. The van der Waals surface area contributed by atoms with Crippen molar-refractivity contribution in [1.29, 1.82) is 0 Å². The molecule has 8 nitrogen and oxygen atoms in total. The van der Waals surface area contributed by atoms with Crippen molar-refractivity contribution in [2.24, 2.45) is 11.8 Å². The van der Waals surface area contributed by atoms with E-state index < -0.39 is 45.8 Å². The van der Waals surface area contributed by atoms with Crippen LogP contribution >= 0.6 is 0 Å². The molecule has 2 aliphatic rings. The SMILES string of the molecule is C[C@H](CO)N1C[C@H](C)[C@H](CN(C)C(=O)Nc2cc(F)ccc2F)Oc2cc(C#CC3CC3)ccc2S1(=O)=O. The highest BCUT2D eigenvalue weighted by Gasteiger charge is 2.38. The Bertz CT molecular complexity index is 1370. The number of amides is 2. The second kappa shape index (κ2) is 11.3. The van der Waals surface area contributed by atoms with Gasteiger partial charge in [-0.05, 0) is 50.1 Å². The molecule has 204 valence electrons. The number of anilines is 1. The van der Waals surface area contributed by atoms with Crippen molar-refractivity contribution in [3.05, 3.63) is 53.6 Å². The number of nitrogens with one attached hydrogen (secondary N) is 1. The van der Waals surface area contributed by atoms with Gasteiger partial charge in [0.25, 0.3) is 0 Å². The summed E-state index contributed by atoms with van der Waals surface area (Å²) in [5.41, 5.74) is 0.305. The maximum absolute atomic E-state index is 14.0. The fraction of sp³-hybridized carbons (Fsp3) is 0.444. The van der Waals surface area contributed by atoms with Crippen LogP contribution in [-0.4, -0.2) is 67.7 Å². The Hall–Kier alpha value is -3.20. The van der Waals surface area contributed by atoms with Crippen LogP contribution in [0.1, 0.15) is 32.3 Å². The first kappa shape index (κ1) is 27.8. The number of likely N-dealkylation sites (N-methyl/N-ethyl adjacent to an activating group) is 1. The average molecular weight is 548 g/mol. The predicted octanol–water partition coefficient (Wildman–Crippen LogP) is 3.66. The van der Waals surface area contributed by atoms with Crippen LogP contribution in [0.4, 0.5) is 19.3 Å². The van der Waals surface area contributed by atoms with Crippen LogP contribution < -0.4 is 10.1 Å². The van der Waals surface area contributed by atoms with Gasteiger partial charge in [-0.15, -0.1) is 0 Å². The molecule has 0 aromatic heterocycles. The largest absolute Gasteiger partial charge is 0.487 e. The molecule has 2 aromatic rings. The summed E-state index contributed by atoms with van der Waals surface area (Å²) in [4.78, 5) is 14.0. The molecule has 2 amide bonds. The standard InChI is InChI=1S/C27H31F2N3O5S/c1-17-14-32(18(2)16-33)38(35,36)26-11-8-20(7-6-19-4-5-19)12-24(26)37-25(17)15-31(3)27(34)30-23-13-21(28)9-10-22(23)29/h8-13,17-19,25,33H,4-5,14-16H2,1-3H3,(H,30,34)/t17-,18+,25-/m0/s1. The number of halogens is 2. The smallest absolute Gasteiger partial charge is 0.321 e. The Labute approximate surface area is 221 Å². The van der Waals surface area contributed by atoms with Gasteiger partial charge >= 0.3 is 6.03 Å². The van der Waals surface area contributed by atoms with E-state index in [1.165, 1.54) is 22.3 Å². The Balaban J connectivity index is 1.64. The average Bonchev–Trinajstić information content (AvgIpc) is 3.71. The van der Waals surface area contributed by atoms with Crippen molar-refractivity contribution in [1.82, 2.24) is 9.21 Å². The summed E-state index contributed by atoms with van der Waals surface area (Å²) in [6.45, 7) is 3.08. The molecule has 11 heteroatoms. The first-order valence-corrected chi connectivity index (χ1v) is 13.9. The third kappa shape index (κ3) is 6.26. The Kier molecular flexibility index (Phi) is 8.25. The van der Waals surface area contributed by atoms with Gasteiger partial charge in [0.15, 0.2) is 0 Å². The normalized spacial score (nSPS) is 21.5. The maximum Gasteiger partial charge on any atom is 0.321 e. The Morgan fingerprint density at radius 1 is 1.26 bits per heavy atom. The lowest BCUT2D eigenvalue weighted by Crippen LogP contribution is -2.50. The number of benzene rings is 2. The number of urea groups is 1. The van der Waals surface area contributed by atoms with E-state index in [4.69, 9.17) is 4.74 Å². The molecule has 1 fully saturated rings. The third-order valence-corrected chi connectivity index (χ3v) is 8.66. The highest BCUT2D eigenvalue weighted by molar-refractivity contribution is 7.89. The molecule has 0 saturated heterocycles. The highest BCUT2D eigenvalue weighted by atomic mass is 32.2. The minimum atomic E-state index is -4.01. The molecule has 2 N–H and O–H groups in total. The molecule has 2 aromatic carbocycles. The minimum absolute atomic E-state index is 0.0166. The van der Waals surface area contributed by atoms with Crippen molar-refractivity contribution in [3.8, 4) is 17.6 Å². The third-order valence-electron chi connectivity index (χ3n) is 6.64. The van der Waals surface area contributed by atoms with Crippen LogP contribution in [0.2, 0.25) is 0 Å².